The molecule has 6 aromatic carbocycles. The lowest BCUT2D eigenvalue weighted by atomic mass is 9.83. The highest BCUT2D eigenvalue weighted by Gasteiger charge is 2.25. The minimum atomic E-state index is 0.230. The molecule has 2 unspecified atom stereocenters. The van der Waals surface area contributed by atoms with Crippen LogP contribution in [0.1, 0.15) is 58.3 Å². The van der Waals surface area contributed by atoms with E-state index < -0.39 is 0 Å². The molecule has 0 saturated carbocycles. The van der Waals surface area contributed by atoms with E-state index in [0.29, 0.717) is 5.92 Å². The lowest BCUT2D eigenvalue weighted by Crippen LogP contribution is -2.06. The van der Waals surface area contributed by atoms with Crippen LogP contribution in [-0.2, 0) is 6.42 Å². The van der Waals surface area contributed by atoms with Crippen LogP contribution in [0.4, 0.5) is 0 Å². The molecule has 7 aromatic rings. The number of benzene rings is 6. The average Bonchev–Trinajstić information content (AvgIpc) is 3.52. The van der Waals surface area contributed by atoms with Crippen LogP contribution in [0, 0.1) is 0 Å². The summed E-state index contributed by atoms with van der Waals surface area (Å²) < 4.78 is 6.43. The molecule has 1 heteroatoms. The summed E-state index contributed by atoms with van der Waals surface area (Å²) in [5.41, 5.74) is 12.6. The maximum Gasteiger partial charge on any atom is 0.134 e. The van der Waals surface area contributed by atoms with Gasteiger partial charge in [-0.05, 0) is 69.8 Å². The summed E-state index contributed by atoms with van der Waals surface area (Å²) in [5, 5.41) is 1.20. The Bertz CT molecular complexity index is 2080. The zero-order valence-corrected chi connectivity index (χ0v) is 25.9. The van der Waals surface area contributed by atoms with E-state index in [1.807, 2.05) is 0 Å². The Hall–Kier alpha value is -5.40. The van der Waals surface area contributed by atoms with E-state index in [0.717, 1.165) is 30.6 Å². The first kappa shape index (κ1) is 28.1. The molecule has 1 aromatic heterocycles. The van der Waals surface area contributed by atoms with Crippen LogP contribution in [0.5, 0.6) is 0 Å². The first-order chi connectivity index (χ1) is 22.8. The Balaban J connectivity index is 1.08. The van der Waals surface area contributed by atoms with Crippen molar-refractivity contribution in [3.63, 3.8) is 0 Å². The number of rotatable bonds is 8. The monoisotopic (exact) mass is 592 g/mol. The fourth-order valence-corrected chi connectivity index (χ4v) is 7.06. The van der Waals surface area contributed by atoms with Crippen molar-refractivity contribution in [2.75, 3.05) is 0 Å². The summed E-state index contributed by atoms with van der Waals surface area (Å²) in [6, 6.07) is 57.3. The zero-order valence-electron chi connectivity index (χ0n) is 25.9. The third kappa shape index (κ3) is 5.61. The second-order valence-electron chi connectivity index (χ2n) is 12.4. The molecule has 222 valence electrons. The largest absolute Gasteiger partial charge is 0.460 e. The Morgan fingerprint density at radius 1 is 0.543 bits per heavy atom. The van der Waals surface area contributed by atoms with Crippen molar-refractivity contribution in [3.05, 3.63) is 197 Å². The van der Waals surface area contributed by atoms with Gasteiger partial charge in [0.1, 0.15) is 11.3 Å². The number of furan rings is 1. The van der Waals surface area contributed by atoms with Gasteiger partial charge in [0.2, 0.25) is 0 Å². The van der Waals surface area contributed by atoms with Gasteiger partial charge in [-0.3, -0.25) is 0 Å². The van der Waals surface area contributed by atoms with E-state index in [-0.39, 0.29) is 5.92 Å². The second kappa shape index (κ2) is 12.5. The Morgan fingerprint density at radius 2 is 1.09 bits per heavy atom. The molecule has 0 spiro atoms. The van der Waals surface area contributed by atoms with E-state index >= 15 is 0 Å². The van der Waals surface area contributed by atoms with E-state index in [4.69, 9.17) is 4.42 Å². The summed E-state index contributed by atoms with van der Waals surface area (Å²) in [5.74, 6) is 1.61. The molecule has 8 rings (SSSR count). The molecule has 0 amide bonds. The third-order valence-corrected chi connectivity index (χ3v) is 9.58. The van der Waals surface area contributed by atoms with E-state index in [2.05, 4.69) is 170 Å². The summed E-state index contributed by atoms with van der Waals surface area (Å²) in [6.07, 6.45) is 7.53. The molecule has 1 heterocycles. The third-order valence-electron chi connectivity index (χ3n) is 9.58. The van der Waals surface area contributed by atoms with Crippen molar-refractivity contribution in [3.8, 4) is 22.3 Å². The number of fused-ring (bicyclic) bond motifs is 3. The van der Waals surface area contributed by atoms with Gasteiger partial charge >= 0.3 is 0 Å². The smallest absolute Gasteiger partial charge is 0.134 e. The van der Waals surface area contributed by atoms with Gasteiger partial charge in [-0.1, -0.05) is 164 Å². The minimum absolute atomic E-state index is 0.230. The maximum atomic E-state index is 6.43. The summed E-state index contributed by atoms with van der Waals surface area (Å²) in [6.45, 7) is 0. The molecular weight excluding hydrogens is 556 g/mol. The van der Waals surface area contributed by atoms with Crippen LogP contribution in [-0.4, -0.2) is 0 Å². The van der Waals surface area contributed by atoms with Crippen molar-refractivity contribution in [1.82, 2.24) is 0 Å². The minimum Gasteiger partial charge on any atom is -0.460 e. The van der Waals surface area contributed by atoms with Gasteiger partial charge < -0.3 is 4.42 Å². The molecule has 0 bridgehead atoms. The van der Waals surface area contributed by atoms with Gasteiger partial charge in [0.25, 0.3) is 0 Å². The maximum absolute atomic E-state index is 6.43. The van der Waals surface area contributed by atoms with Crippen LogP contribution in [0.3, 0.4) is 0 Å². The molecule has 0 saturated heterocycles. The molecule has 2 atom stereocenters. The normalized spacial score (nSPS) is 14.7. The van der Waals surface area contributed by atoms with Gasteiger partial charge in [0.05, 0.1) is 0 Å². The highest BCUT2D eigenvalue weighted by molar-refractivity contribution is 5.89. The van der Waals surface area contributed by atoms with Gasteiger partial charge in [-0.2, -0.15) is 0 Å². The van der Waals surface area contributed by atoms with Crippen LogP contribution >= 0.6 is 0 Å². The quantitative estimate of drug-likeness (QED) is 0.171. The van der Waals surface area contributed by atoms with Crippen molar-refractivity contribution < 1.29 is 4.42 Å². The highest BCUT2D eigenvalue weighted by atomic mass is 16.3. The summed E-state index contributed by atoms with van der Waals surface area (Å²) in [7, 11) is 0. The fraction of sp³-hybridized carbons (Fsp3) is 0.111. The van der Waals surface area contributed by atoms with Crippen LogP contribution < -0.4 is 0 Å². The van der Waals surface area contributed by atoms with Crippen LogP contribution in [0.15, 0.2) is 168 Å². The fourth-order valence-electron chi connectivity index (χ4n) is 7.06. The summed E-state index contributed by atoms with van der Waals surface area (Å²) in [4.78, 5) is 0. The highest BCUT2D eigenvalue weighted by Crippen LogP contribution is 2.41. The Labute approximate surface area is 271 Å². The Kier molecular flexibility index (Phi) is 7.66. The molecular formula is C45H36O. The number of allylic oxidation sites excluding steroid dienone is 1. The van der Waals surface area contributed by atoms with Gasteiger partial charge in [-0.15, -0.1) is 0 Å². The van der Waals surface area contributed by atoms with Crippen LogP contribution in [0.2, 0.25) is 0 Å². The van der Waals surface area contributed by atoms with E-state index in [1.165, 1.54) is 55.5 Å². The predicted octanol–water partition coefficient (Wildman–Crippen LogP) is 12.1. The number of aryl methyl sites for hydroxylation is 1. The molecule has 1 aliphatic carbocycles. The Morgan fingerprint density at radius 3 is 1.74 bits per heavy atom. The van der Waals surface area contributed by atoms with E-state index in [1.54, 1.807) is 0 Å². The number of hydrogen-bond donors (Lipinski definition) is 0. The molecule has 0 N–H and O–H groups in total. The van der Waals surface area contributed by atoms with Crippen molar-refractivity contribution in [1.29, 1.82) is 0 Å². The predicted molar refractivity (Wildman–Crippen MR) is 192 cm³/mol. The molecule has 0 aliphatic heterocycles. The number of hydrogen-bond acceptors (Lipinski definition) is 1. The molecule has 0 radical (unpaired) electrons. The molecule has 1 aliphatic rings. The van der Waals surface area contributed by atoms with Gasteiger partial charge in [0.15, 0.2) is 0 Å². The first-order valence-corrected chi connectivity index (χ1v) is 16.4. The average molecular weight is 593 g/mol. The topological polar surface area (TPSA) is 13.1 Å². The van der Waals surface area contributed by atoms with E-state index in [9.17, 15) is 0 Å². The lowest BCUT2D eigenvalue weighted by molar-refractivity contribution is 0.516. The number of para-hydroxylation sites is 1. The SMILES string of the molecule is C1=Cc2c(oc3ccccc23)C(c2ccc(C(CCc3ccc(-c4ccccc4)cc3)c3ccc(-c4ccccc4)cc3)cc2)C1. The van der Waals surface area contributed by atoms with Gasteiger partial charge in [-0.25, -0.2) is 0 Å². The van der Waals surface area contributed by atoms with Crippen molar-refractivity contribution in [2.24, 2.45) is 0 Å². The van der Waals surface area contributed by atoms with Gasteiger partial charge in [0, 0.05) is 22.8 Å². The molecule has 46 heavy (non-hydrogen) atoms. The van der Waals surface area contributed by atoms with Crippen molar-refractivity contribution in [2.45, 2.75) is 31.1 Å². The lowest BCUT2D eigenvalue weighted by Gasteiger charge is -2.21. The second-order valence-corrected chi connectivity index (χ2v) is 12.4. The zero-order chi connectivity index (χ0) is 30.7. The first-order valence-electron chi connectivity index (χ1n) is 16.4. The standard InChI is InChI=1S/C45H36O/c1-3-10-33(11-4-1)35-21-18-32(19-22-35)20-31-40(37-25-23-36(24-26-37)34-12-5-2-6-13-34)38-27-29-39(30-28-38)41-15-9-16-43-42-14-7-8-17-44(42)46-45(41)43/h1-14,16-19,21-30,40-41H,15,20,31H2. The summed E-state index contributed by atoms with van der Waals surface area (Å²) >= 11 is 0. The van der Waals surface area contributed by atoms with Crippen molar-refractivity contribution >= 4 is 17.0 Å². The molecule has 0 fully saturated rings. The molecule has 1 nitrogen and oxygen atoms in total. The van der Waals surface area contributed by atoms with Crippen LogP contribution in [0.25, 0.3) is 39.3 Å².